The Kier molecular flexibility index (Phi) is 11.7. The van der Waals surface area contributed by atoms with Crippen LogP contribution in [-0.2, 0) is 6.42 Å². The first-order valence-corrected chi connectivity index (χ1v) is 10.9. The molecule has 2 N–H and O–H groups in total. The lowest BCUT2D eigenvalue weighted by atomic mass is 10.1. The number of ether oxygens (including phenoxy) is 2. The van der Waals surface area contributed by atoms with E-state index < -0.39 is 6.43 Å². The quantitative estimate of drug-likeness (QED) is 0.262. The number of hydrogen-bond acceptors (Lipinski definition) is 4. The first kappa shape index (κ1) is 27.1. The molecular weight excluding hydrogens is 541 g/mol. The Balaban J connectivity index is 0.00000385. The smallest absolute Gasteiger partial charge is 0.251 e. The number of aliphatic imine (C=N–C) groups is 1. The van der Waals surface area contributed by atoms with Crippen molar-refractivity contribution in [2.24, 2.45) is 4.99 Å². The molecule has 0 amide bonds. The standard InChI is InChI=1S/C24H32F2N4O2.HI/c1-27-24(29-19-12-15-30(16-13-19)17-23(25)26)28-14-11-18-3-5-21(6-4-18)32-22-9-7-20(31-2)8-10-22;/h3-10,19,23H,11-17H2,1-2H3,(H2,27,28,29);1H. The molecule has 2 aromatic carbocycles. The van der Waals surface area contributed by atoms with Gasteiger partial charge in [0.05, 0.1) is 13.7 Å². The summed E-state index contributed by atoms with van der Waals surface area (Å²) >= 11 is 0. The summed E-state index contributed by atoms with van der Waals surface area (Å²) in [7, 11) is 3.38. The van der Waals surface area contributed by atoms with Crippen molar-refractivity contribution in [3.05, 3.63) is 54.1 Å². The molecule has 1 aliphatic heterocycles. The number of nitrogens with zero attached hydrogens (tertiary/aromatic N) is 2. The molecule has 0 aliphatic carbocycles. The van der Waals surface area contributed by atoms with E-state index in [4.69, 9.17) is 9.47 Å². The highest BCUT2D eigenvalue weighted by molar-refractivity contribution is 14.0. The van der Waals surface area contributed by atoms with E-state index in [1.54, 1.807) is 14.2 Å². The number of hydrogen-bond donors (Lipinski definition) is 2. The number of guanidine groups is 1. The lowest BCUT2D eigenvalue weighted by Gasteiger charge is -2.32. The fourth-order valence-electron chi connectivity index (χ4n) is 3.67. The molecule has 3 rings (SSSR count). The minimum absolute atomic E-state index is 0. The van der Waals surface area contributed by atoms with Gasteiger partial charge in [0, 0.05) is 32.7 Å². The molecule has 0 atom stereocenters. The van der Waals surface area contributed by atoms with Gasteiger partial charge in [-0.05, 0) is 61.2 Å². The third kappa shape index (κ3) is 9.32. The van der Waals surface area contributed by atoms with Gasteiger partial charge in [0.1, 0.15) is 17.2 Å². The van der Waals surface area contributed by atoms with Crippen LogP contribution in [0.1, 0.15) is 18.4 Å². The lowest BCUT2D eigenvalue weighted by Crippen LogP contribution is -2.49. The summed E-state index contributed by atoms with van der Waals surface area (Å²) in [5.74, 6) is 3.08. The first-order valence-electron chi connectivity index (χ1n) is 10.9. The third-order valence-corrected chi connectivity index (χ3v) is 5.47. The van der Waals surface area contributed by atoms with Gasteiger partial charge in [-0.3, -0.25) is 9.89 Å². The van der Waals surface area contributed by atoms with Gasteiger partial charge in [0.2, 0.25) is 0 Å². The van der Waals surface area contributed by atoms with Gasteiger partial charge in [-0.1, -0.05) is 12.1 Å². The monoisotopic (exact) mass is 574 g/mol. The van der Waals surface area contributed by atoms with Crippen LogP contribution < -0.4 is 20.1 Å². The van der Waals surface area contributed by atoms with Gasteiger partial charge in [-0.15, -0.1) is 24.0 Å². The second-order valence-corrected chi connectivity index (χ2v) is 7.78. The largest absolute Gasteiger partial charge is 0.497 e. The minimum atomic E-state index is -2.27. The van der Waals surface area contributed by atoms with Crippen LogP contribution in [0.4, 0.5) is 8.78 Å². The number of methoxy groups -OCH3 is 1. The summed E-state index contributed by atoms with van der Waals surface area (Å²) in [6.07, 6.45) is 0.250. The molecule has 33 heavy (non-hydrogen) atoms. The number of piperidine rings is 1. The van der Waals surface area contributed by atoms with E-state index >= 15 is 0 Å². The maximum Gasteiger partial charge on any atom is 0.251 e. The van der Waals surface area contributed by atoms with Crippen LogP contribution in [0.25, 0.3) is 0 Å². The third-order valence-electron chi connectivity index (χ3n) is 5.47. The SMILES string of the molecule is CN=C(NCCc1ccc(Oc2ccc(OC)cc2)cc1)NC1CCN(CC(F)F)CC1.I. The maximum atomic E-state index is 12.5. The Morgan fingerprint density at radius 3 is 2.15 bits per heavy atom. The van der Waals surface area contributed by atoms with Gasteiger partial charge in [-0.25, -0.2) is 8.78 Å². The molecule has 182 valence electrons. The number of likely N-dealkylation sites (tertiary alicyclic amines) is 1. The Bertz CT molecular complexity index is 843. The molecule has 0 spiro atoms. The molecule has 1 heterocycles. The Labute approximate surface area is 211 Å². The summed E-state index contributed by atoms with van der Waals surface area (Å²) in [6.45, 7) is 1.97. The minimum Gasteiger partial charge on any atom is -0.497 e. The van der Waals surface area contributed by atoms with Crippen LogP contribution in [-0.4, -0.2) is 63.7 Å². The molecule has 0 bridgehead atoms. The normalized spacial score (nSPS) is 15.1. The highest BCUT2D eigenvalue weighted by Gasteiger charge is 2.21. The molecule has 0 radical (unpaired) electrons. The zero-order valence-electron chi connectivity index (χ0n) is 19.1. The van der Waals surface area contributed by atoms with Crippen molar-refractivity contribution >= 4 is 29.9 Å². The average molecular weight is 574 g/mol. The molecule has 6 nitrogen and oxygen atoms in total. The molecule has 1 aliphatic rings. The topological polar surface area (TPSA) is 58.1 Å². The molecule has 1 fully saturated rings. The molecular formula is C24H33F2IN4O2. The zero-order chi connectivity index (χ0) is 22.8. The molecule has 9 heteroatoms. The van der Waals surface area contributed by atoms with Crippen molar-refractivity contribution in [2.75, 3.05) is 40.3 Å². The maximum absolute atomic E-state index is 12.5. The van der Waals surface area contributed by atoms with E-state index in [0.29, 0.717) is 13.1 Å². The number of rotatable bonds is 9. The van der Waals surface area contributed by atoms with E-state index in [1.165, 1.54) is 5.56 Å². The van der Waals surface area contributed by atoms with Gasteiger partial charge >= 0.3 is 0 Å². The van der Waals surface area contributed by atoms with Crippen molar-refractivity contribution in [3.63, 3.8) is 0 Å². The van der Waals surface area contributed by atoms with Crippen LogP contribution in [0.2, 0.25) is 0 Å². The highest BCUT2D eigenvalue weighted by atomic mass is 127. The average Bonchev–Trinajstić information content (AvgIpc) is 2.81. The van der Waals surface area contributed by atoms with Crippen LogP contribution in [0.15, 0.2) is 53.5 Å². The van der Waals surface area contributed by atoms with E-state index in [1.807, 2.05) is 41.3 Å². The first-order chi connectivity index (χ1) is 15.6. The Morgan fingerprint density at radius 2 is 1.61 bits per heavy atom. The fraction of sp³-hybridized carbons (Fsp3) is 0.458. The van der Waals surface area contributed by atoms with E-state index in [2.05, 4.69) is 27.8 Å². The van der Waals surface area contributed by atoms with Crippen molar-refractivity contribution in [1.82, 2.24) is 15.5 Å². The van der Waals surface area contributed by atoms with Crippen LogP contribution in [0.5, 0.6) is 17.2 Å². The molecule has 0 saturated carbocycles. The Hall–Kier alpha value is -2.14. The predicted octanol–water partition coefficient (Wildman–Crippen LogP) is 4.54. The van der Waals surface area contributed by atoms with Crippen molar-refractivity contribution < 1.29 is 18.3 Å². The van der Waals surface area contributed by atoms with Gasteiger partial charge < -0.3 is 20.1 Å². The van der Waals surface area contributed by atoms with Crippen molar-refractivity contribution in [1.29, 1.82) is 0 Å². The second-order valence-electron chi connectivity index (χ2n) is 7.78. The summed E-state index contributed by atoms with van der Waals surface area (Å²) in [5, 5.41) is 6.74. The predicted molar refractivity (Wildman–Crippen MR) is 139 cm³/mol. The van der Waals surface area contributed by atoms with Crippen LogP contribution in [0.3, 0.4) is 0 Å². The lowest BCUT2D eigenvalue weighted by molar-refractivity contribution is 0.0744. The van der Waals surface area contributed by atoms with E-state index in [9.17, 15) is 8.78 Å². The molecule has 0 aromatic heterocycles. The summed E-state index contributed by atoms with van der Waals surface area (Å²) in [5.41, 5.74) is 1.19. The zero-order valence-corrected chi connectivity index (χ0v) is 21.4. The van der Waals surface area contributed by atoms with E-state index in [0.717, 1.165) is 49.0 Å². The Morgan fingerprint density at radius 1 is 1.03 bits per heavy atom. The van der Waals surface area contributed by atoms with Crippen LogP contribution in [0, 0.1) is 0 Å². The highest BCUT2D eigenvalue weighted by Crippen LogP contribution is 2.24. The molecule has 2 aromatic rings. The van der Waals surface area contributed by atoms with Gasteiger partial charge in [-0.2, -0.15) is 0 Å². The van der Waals surface area contributed by atoms with Crippen molar-refractivity contribution in [3.8, 4) is 17.2 Å². The van der Waals surface area contributed by atoms with E-state index in [-0.39, 0.29) is 36.6 Å². The van der Waals surface area contributed by atoms with Gasteiger partial charge in [0.15, 0.2) is 5.96 Å². The summed E-state index contributed by atoms with van der Waals surface area (Å²) < 4.78 is 36.0. The van der Waals surface area contributed by atoms with Gasteiger partial charge in [0.25, 0.3) is 6.43 Å². The number of benzene rings is 2. The van der Waals surface area contributed by atoms with Crippen molar-refractivity contribution in [2.45, 2.75) is 31.7 Å². The number of halogens is 3. The fourth-order valence-corrected chi connectivity index (χ4v) is 3.67. The number of alkyl halides is 2. The molecule has 1 saturated heterocycles. The van der Waals surface area contributed by atoms with Crippen LogP contribution >= 0.6 is 24.0 Å². The summed E-state index contributed by atoms with van der Waals surface area (Å²) in [4.78, 5) is 6.11. The molecule has 0 unspecified atom stereocenters. The summed E-state index contributed by atoms with van der Waals surface area (Å²) in [6, 6.07) is 15.7. The second kappa shape index (κ2) is 14.2. The number of nitrogens with one attached hydrogen (secondary N) is 2.